The molecule has 2 heteroatoms. The van der Waals surface area contributed by atoms with E-state index in [4.69, 9.17) is 0 Å². The van der Waals surface area contributed by atoms with E-state index in [0.717, 1.165) is 6.42 Å². The molecule has 10 heavy (non-hydrogen) atoms. The van der Waals surface area contributed by atoms with Gasteiger partial charge in [-0.15, -0.1) is 11.3 Å². The van der Waals surface area contributed by atoms with E-state index in [0.29, 0.717) is 0 Å². The number of aryl methyl sites for hydroxylation is 1. The highest BCUT2D eigenvalue weighted by atomic mass is 32.1. The van der Waals surface area contributed by atoms with Crippen LogP contribution in [-0.2, 0) is 6.42 Å². The van der Waals surface area contributed by atoms with Crippen LogP contribution in [0.1, 0.15) is 12.5 Å². The fraction of sp³-hybridized carbons (Fsp3) is 0.500. The molecule has 0 bridgehead atoms. The molecular weight excluding hydrogens is 142 g/mol. The molecule has 1 aromatic heterocycles. The molecule has 0 N–H and O–H groups in total. The van der Waals surface area contributed by atoms with Crippen molar-refractivity contribution < 1.29 is 0 Å². The third kappa shape index (κ3) is 1.32. The van der Waals surface area contributed by atoms with Gasteiger partial charge in [0.1, 0.15) is 0 Å². The van der Waals surface area contributed by atoms with Crippen molar-refractivity contribution in [3.8, 4) is 0 Å². The number of hydrogen-bond donors (Lipinski definition) is 0. The first-order valence-electron chi connectivity index (χ1n) is 3.49. The highest BCUT2D eigenvalue weighted by molar-refractivity contribution is 7.14. The molecule has 0 unspecified atom stereocenters. The number of anilines is 1. The summed E-state index contributed by atoms with van der Waals surface area (Å²) < 4.78 is 0. The van der Waals surface area contributed by atoms with Crippen molar-refractivity contribution in [3.05, 3.63) is 17.0 Å². The number of thiophene rings is 1. The van der Waals surface area contributed by atoms with Crippen LogP contribution in [0, 0.1) is 0 Å². The Kier molecular flexibility index (Phi) is 2.33. The second kappa shape index (κ2) is 3.06. The zero-order valence-electron chi connectivity index (χ0n) is 6.72. The minimum atomic E-state index is 1.14. The molecule has 0 aliphatic heterocycles. The van der Waals surface area contributed by atoms with Crippen LogP contribution in [0.15, 0.2) is 11.4 Å². The van der Waals surface area contributed by atoms with Gasteiger partial charge in [0.25, 0.3) is 0 Å². The molecule has 0 aliphatic rings. The lowest BCUT2D eigenvalue weighted by molar-refractivity contribution is 1.09. The zero-order valence-corrected chi connectivity index (χ0v) is 7.53. The summed E-state index contributed by atoms with van der Waals surface area (Å²) in [5.74, 6) is 0. The summed E-state index contributed by atoms with van der Waals surface area (Å²) in [5, 5.41) is 3.54. The van der Waals surface area contributed by atoms with Crippen molar-refractivity contribution in [1.82, 2.24) is 0 Å². The fourth-order valence-electron chi connectivity index (χ4n) is 0.989. The van der Waals surface area contributed by atoms with Crippen LogP contribution in [0.3, 0.4) is 0 Å². The minimum Gasteiger partial charge on any atom is -0.369 e. The van der Waals surface area contributed by atoms with Gasteiger partial charge in [0.15, 0.2) is 0 Å². The van der Waals surface area contributed by atoms with Gasteiger partial charge in [0.2, 0.25) is 0 Å². The van der Waals surface area contributed by atoms with Crippen LogP contribution in [-0.4, -0.2) is 14.1 Å². The highest BCUT2D eigenvalue weighted by Crippen LogP contribution is 2.25. The molecule has 1 nitrogen and oxygen atoms in total. The Balaban J connectivity index is 2.90. The summed E-state index contributed by atoms with van der Waals surface area (Å²) >= 11 is 1.81. The predicted octanol–water partition coefficient (Wildman–Crippen LogP) is 2.38. The summed E-state index contributed by atoms with van der Waals surface area (Å²) in [6.45, 7) is 2.19. The van der Waals surface area contributed by atoms with Gasteiger partial charge in [-0.2, -0.15) is 0 Å². The molecule has 0 fully saturated rings. The van der Waals surface area contributed by atoms with E-state index < -0.39 is 0 Å². The van der Waals surface area contributed by atoms with E-state index in [1.807, 2.05) is 11.3 Å². The maximum Gasteiger partial charge on any atom is 0.0935 e. The van der Waals surface area contributed by atoms with Gasteiger partial charge in [-0.3, -0.25) is 0 Å². The monoisotopic (exact) mass is 155 g/mol. The smallest absolute Gasteiger partial charge is 0.0935 e. The zero-order chi connectivity index (χ0) is 7.56. The number of hydrogen-bond acceptors (Lipinski definition) is 2. The van der Waals surface area contributed by atoms with Crippen molar-refractivity contribution in [2.75, 3.05) is 19.0 Å². The highest BCUT2D eigenvalue weighted by Gasteiger charge is 2.01. The Labute approximate surface area is 66.3 Å². The van der Waals surface area contributed by atoms with Crippen LogP contribution in [0.2, 0.25) is 0 Å². The summed E-state index contributed by atoms with van der Waals surface area (Å²) in [4.78, 5) is 2.17. The third-order valence-corrected chi connectivity index (χ3v) is 2.63. The van der Waals surface area contributed by atoms with Crippen LogP contribution in [0.5, 0.6) is 0 Å². The van der Waals surface area contributed by atoms with Gasteiger partial charge in [-0.1, -0.05) is 6.92 Å². The van der Waals surface area contributed by atoms with E-state index in [2.05, 4.69) is 37.4 Å². The van der Waals surface area contributed by atoms with Gasteiger partial charge in [-0.25, -0.2) is 0 Å². The number of nitrogens with zero attached hydrogens (tertiary/aromatic N) is 1. The van der Waals surface area contributed by atoms with Gasteiger partial charge in [0.05, 0.1) is 5.00 Å². The van der Waals surface area contributed by atoms with E-state index >= 15 is 0 Å². The molecule has 0 spiro atoms. The quantitative estimate of drug-likeness (QED) is 0.634. The largest absolute Gasteiger partial charge is 0.369 e. The molecule has 0 saturated carbocycles. The van der Waals surface area contributed by atoms with Gasteiger partial charge >= 0.3 is 0 Å². The summed E-state index contributed by atoms with van der Waals surface area (Å²) in [6.07, 6.45) is 1.14. The van der Waals surface area contributed by atoms with E-state index in [1.54, 1.807) is 0 Å². The van der Waals surface area contributed by atoms with Gasteiger partial charge in [-0.05, 0) is 23.4 Å². The SMILES string of the molecule is CCc1ccsc1N(C)C. The molecule has 56 valence electrons. The summed E-state index contributed by atoms with van der Waals surface area (Å²) in [5.41, 5.74) is 1.45. The van der Waals surface area contributed by atoms with Gasteiger partial charge in [0, 0.05) is 14.1 Å². The standard InChI is InChI=1S/C8H13NS/c1-4-7-5-6-10-8(7)9(2)3/h5-6H,4H2,1-3H3. The molecule has 0 aliphatic carbocycles. The summed E-state index contributed by atoms with van der Waals surface area (Å²) in [6, 6.07) is 2.19. The van der Waals surface area contributed by atoms with Crippen molar-refractivity contribution in [2.24, 2.45) is 0 Å². The molecule has 0 saturated heterocycles. The second-order valence-corrected chi connectivity index (χ2v) is 3.39. The lowest BCUT2D eigenvalue weighted by atomic mass is 10.2. The van der Waals surface area contributed by atoms with Crippen LogP contribution >= 0.6 is 11.3 Å². The topological polar surface area (TPSA) is 3.24 Å². The first kappa shape index (κ1) is 7.61. The Hall–Kier alpha value is -0.500. The Bertz CT molecular complexity index is 203. The number of rotatable bonds is 2. The Morgan fingerprint density at radius 3 is 2.60 bits per heavy atom. The average Bonchev–Trinajstić information content (AvgIpc) is 2.33. The maximum absolute atomic E-state index is 2.19. The molecule has 0 aromatic carbocycles. The predicted molar refractivity (Wildman–Crippen MR) is 48.0 cm³/mol. The first-order chi connectivity index (χ1) is 4.75. The van der Waals surface area contributed by atoms with Crippen molar-refractivity contribution in [2.45, 2.75) is 13.3 Å². The van der Waals surface area contributed by atoms with Gasteiger partial charge < -0.3 is 4.90 Å². The minimum absolute atomic E-state index is 1.14. The van der Waals surface area contributed by atoms with Crippen LogP contribution < -0.4 is 4.90 Å². The third-order valence-electron chi connectivity index (χ3n) is 1.51. The molecule has 0 atom stereocenters. The van der Waals surface area contributed by atoms with Crippen molar-refractivity contribution in [1.29, 1.82) is 0 Å². The van der Waals surface area contributed by atoms with Crippen molar-refractivity contribution in [3.63, 3.8) is 0 Å². The fourth-order valence-corrected chi connectivity index (χ4v) is 1.93. The maximum atomic E-state index is 2.19. The Morgan fingerprint density at radius 2 is 2.20 bits per heavy atom. The molecule has 0 amide bonds. The first-order valence-corrected chi connectivity index (χ1v) is 4.37. The molecule has 0 radical (unpaired) electrons. The normalized spacial score (nSPS) is 9.90. The van der Waals surface area contributed by atoms with E-state index in [-0.39, 0.29) is 0 Å². The molecule has 1 aromatic rings. The summed E-state index contributed by atoms with van der Waals surface area (Å²) in [7, 11) is 4.18. The van der Waals surface area contributed by atoms with E-state index in [1.165, 1.54) is 10.6 Å². The molecule has 1 rings (SSSR count). The second-order valence-electron chi connectivity index (χ2n) is 2.50. The lowest BCUT2D eigenvalue weighted by Gasteiger charge is -2.10. The Morgan fingerprint density at radius 1 is 1.50 bits per heavy atom. The van der Waals surface area contributed by atoms with E-state index in [9.17, 15) is 0 Å². The molecular formula is C8H13NS. The van der Waals surface area contributed by atoms with Crippen molar-refractivity contribution >= 4 is 16.3 Å². The molecule has 1 heterocycles. The lowest BCUT2D eigenvalue weighted by Crippen LogP contribution is -2.08. The van der Waals surface area contributed by atoms with Crippen LogP contribution in [0.4, 0.5) is 5.00 Å². The average molecular weight is 155 g/mol. The van der Waals surface area contributed by atoms with Crippen LogP contribution in [0.25, 0.3) is 0 Å².